The zero-order valence-corrected chi connectivity index (χ0v) is 18.5. The molecule has 1 saturated carbocycles. The molecule has 0 amide bonds. The van der Waals surface area contributed by atoms with Gasteiger partial charge in [0.05, 0.1) is 37.0 Å². The third-order valence-corrected chi connectivity index (χ3v) is 6.54. The normalized spacial score (nSPS) is 20.8. The number of nitrogens with zero attached hydrogens (tertiary/aromatic N) is 4. The maximum atomic E-state index is 6.10. The minimum Gasteiger partial charge on any atom is -0.491 e. The molecule has 0 radical (unpaired) electrons. The van der Waals surface area contributed by atoms with Crippen molar-refractivity contribution in [2.75, 3.05) is 31.7 Å². The molecule has 8 heteroatoms. The average Bonchev–Trinajstić information content (AvgIpc) is 3.47. The summed E-state index contributed by atoms with van der Waals surface area (Å²) in [5, 5.41) is 8.13. The summed E-state index contributed by atoms with van der Waals surface area (Å²) < 4.78 is 21.8. The number of aromatic nitrogens is 4. The average molecular weight is 438 g/mol. The summed E-state index contributed by atoms with van der Waals surface area (Å²) in [7, 11) is 0. The van der Waals surface area contributed by atoms with Crippen LogP contribution in [0.15, 0.2) is 24.5 Å². The lowest BCUT2D eigenvalue weighted by Crippen LogP contribution is -2.24. The van der Waals surface area contributed by atoms with E-state index in [2.05, 4.69) is 33.3 Å². The third kappa shape index (κ3) is 4.21. The second kappa shape index (κ2) is 8.75. The highest BCUT2D eigenvalue weighted by Gasteiger charge is 2.23. The summed E-state index contributed by atoms with van der Waals surface area (Å²) in [6.45, 7) is 4.73. The van der Waals surface area contributed by atoms with Crippen molar-refractivity contribution in [3.05, 3.63) is 24.5 Å². The molecule has 0 bridgehead atoms. The maximum absolute atomic E-state index is 6.10. The standard InChI is InChI=1S/C24H31N5O3/c1-2-9-31-22(4-1)32-11-8-28-16-18(15-26-28)24-27-20-12-19(25-14-17-5-6-17)13-21-23(20)29(24)7-3-10-30-21/h12-13,15-17,22,25H,1-11,14H2. The lowest BCUT2D eigenvalue weighted by Gasteiger charge is -2.22. The molecule has 1 N–H and O–H groups in total. The van der Waals surface area contributed by atoms with Crippen LogP contribution in [0.5, 0.6) is 5.75 Å². The van der Waals surface area contributed by atoms with Gasteiger partial charge in [0, 0.05) is 37.6 Å². The number of benzene rings is 1. The topological polar surface area (TPSA) is 75.4 Å². The van der Waals surface area contributed by atoms with E-state index in [0.717, 1.165) is 85.3 Å². The summed E-state index contributed by atoms with van der Waals surface area (Å²) in [6.07, 6.45) is 10.8. The lowest BCUT2D eigenvalue weighted by atomic mass is 10.2. The van der Waals surface area contributed by atoms with Crippen LogP contribution in [0.4, 0.5) is 5.69 Å². The van der Waals surface area contributed by atoms with Gasteiger partial charge < -0.3 is 24.1 Å². The molecule has 2 aliphatic heterocycles. The van der Waals surface area contributed by atoms with Gasteiger partial charge in [0.25, 0.3) is 0 Å². The van der Waals surface area contributed by atoms with Crippen LogP contribution in [-0.4, -0.2) is 52.0 Å². The Balaban J connectivity index is 1.22. The molecule has 3 aliphatic rings. The van der Waals surface area contributed by atoms with Crippen molar-refractivity contribution >= 4 is 16.7 Å². The van der Waals surface area contributed by atoms with Gasteiger partial charge in [0.2, 0.25) is 0 Å². The predicted octanol–water partition coefficient (Wildman–Crippen LogP) is 4.05. The molecule has 4 heterocycles. The summed E-state index contributed by atoms with van der Waals surface area (Å²) in [5.74, 6) is 2.69. The van der Waals surface area contributed by atoms with E-state index in [1.165, 1.54) is 19.3 Å². The molecular formula is C24H31N5O3. The molecule has 3 aromatic rings. The number of rotatable bonds is 8. The van der Waals surface area contributed by atoms with Gasteiger partial charge in [-0.2, -0.15) is 5.10 Å². The molecule has 1 saturated heterocycles. The van der Waals surface area contributed by atoms with Gasteiger partial charge in [-0.15, -0.1) is 0 Å². The summed E-state index contributed by atoms with van der Waals surface area (Å²) in [5.41, 5.74) is 4.17. The van der Waals surface area contributed by atoms with E-state index in [4.69, 9.17) is 19.2 Å². The lowest BCUT2D eigenvalue weighted by molar-refractivity contribution is -0.163. The molecule has 0 spiro atoms. The highest BCUT2D eigenvalue weighted by Crippen LogP contribution is 2.36. The van der Waals surface area contributed by atoms with Gasteiger partial charge >= 0.3 is 0 Å². The van der Waals surface area contributed by atoms with E-state index in [1.54, 1.807) is 0 Å². The summed E-state index contributed by atoms with van der Waals surface area (Å²) >= 11 is 0. The maximum Gasteiger partial charge on any atom is 0.157 e. The zero-order valence-electron chi connectivity index (χ0n) is 18.5. The first kappa shape index (κ1) is 20.1. The Morgan fingerprint density at radius 2 is 2.09 bits per heavy atom. The second-order valence-electron chi connectivity index (χ2n) is 9.11. The Labute approximate surface area is 187 Å². The molecule has 6 rings (SSSR count). The quantitative estimate of drug-likeness (QED) is 0.573. The molecule has 32 heavy (non-hydrogen) atoms. The Hall–Kier alpha value is -2.58. The van der Waals surface area contributed by atoms with E-state index >= 15 is 0 Å². The molecule has 8 nitrogen and oxygen atoms in total. The van der Waals surface area contributed by atoms with Crippen molar-refractivity contribution in [1.82, 2.24) is 19.3 Å². The molecule has 2 fully saturated rings. The minimum atomic E-state index is -0.0641. The number of hydrogen-bond acceptors (Lipinski definition) is 6. The molecule has 2 aromatic heterocycles. The van der Waals surface area contributed by atoms with Gasteiger partial charge in [0.1, 0.15) is 17.1 Å². The van der Waals surface area contributed by atoms with E-state index < -0.39 is 0 Å². The first-order chi connectivity index (χ1) is 15.8. The van der Waals surface area contributed by atoms with Gasteiger partial charge in [0.15, 0.2) is 6.29 Å². The van der Waals surface area contributed by atoms with E-state index in [9.17, 15) is 0 Å². The Bertz CT molecular complexity index is 1080. The number of anilines is 1. The van der Waals surface area contributed by atoms with Crippen LogP contribution in [0.25, 0.3) is 22.4 Å². The first-order valence-electron chi connectivity index (χ1n) is 12.0. The van der Waals surface area contributed by atoms with E-state index in [-0.39, 0.29) is 6.29 Å². The highest BCUT2D eigenvalue weighted by atomic mass is 16.7. The fourth-order valence-electron chi connectivity index (χ4n) is 4.59. The number of hydrogen-bond donors (Lipinski definition) is 1. The fraction of sp³-hybridized carbons (Fsp3) is 0.583. The molecule has 1 aromatic carbocycles. The molecule has 170 valence electrons. The molecular weight excluding hydrogens is 406 g/mol. The molecule has 1 unspecified atom stereocenters. The van der Waals surface area contributed by atoms with Crippen LogP contribution in [-0.2, 0) is 22.6 Å². The highest BCUT2D eigenvalue weighted by molar-refractivity contribution is 5.89. The predicted molar refractivity (Wildman–Crippen MR) is 122 cm³/mol. The van der Waals surface area contributed by atoms with Crippen LogP contribution in [0.3, 0.4) is 0 Å². The summed E-state index contributed by atoms with van der Waals surface area (Å²) in [4.78, 5) is 5.01. The van der Waals surface area contributed by atoms with Crippen molar-refractivity contribution < 1.29 is 14.2 Å². The third-order valence-electron chi connectivity index (χ3n) is 6.54. The van der Waals surface area contributed by atoms with Gasteiger partial charge in [-0.05, 0) is 50.5 Å². The van der Waals surface area contributed by atoms with Crippen molar-refractivity contribution in [3.63, 3.8) is 0 Å². The monoisotopic (exact) mass is 437 g/mol. The second-order valence-corrected chi connectivity index (χ2v) is 9.11. The first-order valence-corrected chi connectivity index (χ1v) is 12.0. The molecule has 1 aliphatic carbocycles. The van der Waals surface area contributed by atoms with Gasteiger partial charge in [-0.3, -0.25) is 4.68 Å². The van der Waals surface area contributed by atoms with Gasteiger partial charge in [-0.1, -0.05) is 0 Å². The summed E-state index contributed by atoms with van der Waals surface area (Å²) in [6, 6.07) is 4.28. The Morgan fingerprint density at radius 3 is 2.97 bits per heavy atom. The van der Waals surface area contributed by atoms with Gasteiger partial charge in [-0.25, -0.2) is 4.98 Å². The SMILES string of the molecule is c1nn(CCOC2CCCCO2)cc1-c1nc2cc(NCC3CC3)cc3c2n1CCCO3. The molecule has 1 atom stereocenters. The number of imidazole rings is 1. The van der Waals surface area contributed by atoms with Crippen molar-refractivity contribution in [2.45, 2.75) is 57.9 Å². The van der Waals surface area contributed by atoms with Crippen molar-refractivity contribution in [1.29, 1.82) is 0 Å². The Kier molecular flexibility index (Phi) is 5.48. The van der Waals surface area contributed by atoms with E-state index in [0.29, 0.717) is 13.2 Å². The largest absolute Gasteiger partial charge is 0.491 e. The van der Waals surface area contributed by atoms with Crippen LogP contribution in [0, 0.1) is 5.92 Å². The number of aryl methyl sites for hydroxylation is 1. The smallest absolute Gasteiger partial charge is 0.157 e. The number of nitrogens with one attached hydrogen (secondary N) is 1. The van der Waals surface area contributed by atoms with Crippen LogP contribution in [0.2, 0.25) is 0 Å². The fourth-order valence-corrected chi connectivity index (χ4v) is 4.59. The number of ether oxygens (including phenoxy) is 3. The van der Waals surface area contributed by atoms with Crippen LogP contribution < -0.4 is 10.1 Å². The van der Waals surface area contributed by atoms with Crippen LogP contribution in [0.1, 0.15) is 38.5 Å². The van der Waals surface area contributed by atoms with Crippen LogP contribution >= 0.6 is 0 Å². The minimum absolute atomic E-state index is 0.0641. The zero-order chi connectivity index (χ0) is 21.3. The van der Waals surface area contributed by atoms with E-state index in [1.807, 2.05) is 10.9 Å². The Morgan fingerprint density at radius 1 is 1.12 bits per heavy atom. The van der Waals surface area contributed by atoms with Crippen molar-refractivity contribution in [3.8, 4) is 17.1 Å². The van der Waals surface area contributed by atoms with Crippen molar-refractivity contribution in [2.24, 2.45) is 5.92 Å².